The Morgan fingerprint density at radius 1 is 0.968 bits per heavy atom. The van der Waals surface area contributed by atoms with E-state index in [4.69, 9.17) is 4.74 Å². The third-order valence-corrected chi connectivity index (χ3v) is 4.46. The van der Waals surface area contributed by atoms with Crippen molar-refractivity contribution >= 4 is 23.2 Å². The molecule has 0 fully saturated rings. The number of nitro benzene ring substituents is 1. The number of benzene rings is 3. The fourth-order valence-corrected chi connectivity index (χ4v) is 2.91. The molecule has 0 unspecified atom stereocenters. The molecule has 0 aromatic heterocycles. The lowest BCUT2D eigenvalue weighted by atomic mass is 10.1. The molecule has 0 saturated carbocycles. The van der Waals surface area contributed by atoms with Gasteiger partial charge in [0.25, 0.3) is 17.5 Å². The number of rotatable bonds is 8. The molecule has 0 heterocycles. The highest BCUT2D eigenvalue weighted by atomic mass is 16.6. The maximum absolute atomic E-state index is 12.9. The molecule has 31 heavy (non-hydrogen) atoms. The van der Waals surface area contributed by atoms with Gasteiger partial charge in [0.1, 0.15) is 5.75 Å². The zero-order chi connectivity index (χ0) is 22.2. The van der Waals surface area contributed by atoms with Crippen molar-refractivity contribution in [2.75, 3.05) is 19.0 Å². The first kappa shape index (κ1) is 21.5. The van der Waals surface area contributed by atoms with E-state index in [0.29, 0.717) is 23.5 Å². The number of hydrogen-bond donors (Lipinski definition) is 1. The van der Waals surface area contributed by atoms with Crippen molar-refractivity contribution < 1.29 is 19.2 Å². The fraction of sp³-hybridized carbons (Fsp3) is 0.130. The molecular weight excluding hydrogens is 398 g/mol. The van der Waals surface area contributed by atoms with Crippen molar-refractivity contribution in [1.82, 2.24) is 4.90 Å². The van der Waals surface area contributed by atoms with E-state index in [1.54, 1.807) is 36.2 Å². The molecule has 2 amide bonds. The standard InChI is InChI=1S/C23H21N3O5/c1-25(15-17-7-3-2-4-8-17)23(28)20-9-5-6-10-21(20)24-22(27)16-31-19-13-11-18(12-14-19)26(29)30/h2-14H,15-16H2,1H3,(H,24,27). The number of para-hydroxylation sites is 1. The lowest BCUT2D eigenvalue weighted by Crippen LogP contribution is -2.28. The average Bonchev–Trinajstić information content (AvgIpc) is 2.78. The number of carbonyl (C=O) groups is 2. The number of non-ortho nitro benzene ring substituents is 1. The highest BCUT2D eigenvalue weighted by Gasteiger charge is 2.17. The van der Waals surface area contributed by atoms with Gasteiger partial charge in [0, 0.05) is 25.7 Å². The van der Waals surface area contributed by atoms with Crippen LogP contribution < -0.4 is 10.1 Å². The Hall–Kier alpha value is -4.20. The van der Waals surface area contributed by atoms with Crippen LogP contribution in [0.4, 0.5) is 11.4 Å². The van der Waals surface area contributed by atoms with E-state index in [2.05, 4.69) is 5.32 Å². The Morgan fingerprint density at radius 3 is 2.29 bits per heavy atom. The molecule has 0 saturated heterocycles. The van der Waals surface area contributed by atoms with Crippen LogP contribution in [0.2, 0.25) is 0 Å². The monoisotopic (exact) mass is 419 g/mol. The molecule has 158 valence electrons. The van der Waals surface area contributed by atoms with Crippen LogP contribution in [0.5, 0.6) is 5.75 Å². The minimum absolute atomic E-state index is 0.0659. The maximum atomic E-state index is 12.9. The Labute approximate surface area is 179 Å². The topological polar surface area (TPSA) is 102 Å². The highest BCUT2D eigenvalue weighted by molar-refractivity contribution is 6.03. The minimum atomic E-state index is -0.515. The number of nitrogens with zero attached hydrogens (tertiary/aromatic N) is 2. The summed E-state index contributed by atoms with van der Waals surface area (Å²) < 4.78 is 5.37. The minimum Gasteiger partial charge on any atom is -0.484 e. The summed E-state index contributed by atoms with van der Waals surface area (Å²) in [5, 5.41) is 13.4. The first-order valence-corrected chi connectivity index (χ1v) is 9.49. The largest absolute Gasteiger partial charge is 0.484 e. The van der Waals surface area contributed by atoms with Crippen molar-refractivity contribution in [1.29, 1.82) is 0 Å². The van der Waals surface area contributed by atoms with Crippen LogP contribution in [0.3, 0.4) is 0 Å². The van der Waals surface area contributed by atoms with Crippen LogP contribution >= 0.6 is 0 Å². The van der Waals surface area contributed by atoms with Gasteiger partial charge in [-0.15, -0.1) is 0 Å². The second-order valence-electron chi connectivity index (χ2n) is 6.78. The molecule has 8 nitrogen and oxygen atoms in total. The Bertz CT molecular complexity index is 1070. The number of carbonyl (C=O) groups excluding carboxylic acids is 2. The van der Waals surface area contributed by atoms with E-state index < -0.39 is 10.8 Å². The second-order valence-corrected chi connectivity index (χ2v) is 6.78. The zero-order valence-corrected chi connectivity index (χ0v) is 16.9. The number of nitrogens with one attached hydrogen (secondary N) is 1. The molecule has 0 bridgehead atoms. The molecule has 0 atom stereocenters. The van der Waals surface area contributed by atoms with Crippen molar-refractivity contribution in [3.05, 3.63) is 100 Å². The van der Waals surface area contributed by atoms with E-state index >= 15 is 0 Å². The van der Waals surface area contributed by atoms with Gasteiger partial charge >= 0.3 is 0 Å². The summed E-state index contributed by atoms with van der Waals surface area (Å²) in [4.78, 5) is 37.0. The summed E-state index contributed by atoms with van der Waals surface area (Å²) in [5.74, 6) is -0.354. The van der Waals surface area contributed by atoms with E-state index in [-0.39, 0.29) is 18.2 Å². The zero-order valence-electron chi connectivity index (χ0n) is 16.9. The number of amides is 2. The van der Waals surface area contributed by atoms with Gasteiger partial charge in [-0.05, 0) is 29.8 Å². The molecule has 0 spiro atoms. The number of nitro groups is 1. The van der Waals surface area contributed by atoms with Crippen LogP contribution in [0.15, 0.2) is 78.9 Å². The summed E-state index contributed by atoms with van der Waals surface area (Å²) in [7, 11) is 1.70. The van der Waals surface area contributed by atoms with Crippen molar-refractivity contribution in [3.63, 3.8) is 0 Å². The van der Waals surface area contributed by atoms with Gasteiger partial charge in [0.15, 0.2) is 6.61 Å². The summed E-state index contributed by atoms with van der Waals surface area (Å²) >= 11 is 0. The lowest BCUT2D eigenvalue weighted by Gasteiger charge is -2.19. The van der Waals surface area contributed by atoms with Crippen molar-refractivity contribution in [2.24, 2.45) is 0 Å². The normalized spacial score (nSPS) is 10.2. The SMILES string of the molecule is CN(Cc1ccccc1)C(=O)c1ccccc1NC(=O)COc1ccc([N+](=O)[O-])cc1. The predicted molar refractivity (Wildman–Crippen MR) is 116 cm³/mol. The second kappa shape index (κ2) is 10.0. The van der Waals surface area contributed by atoms with Crippen LogP contribution in [0, 0.1) is 10.1 Å². The lowest BCUT2D eigenvalue weighted by molar-refractivity contribution is -0.384. The van der Waals surface area contributed by atoms with Gasteiger partial charge < -0.3 is 15.0 Å². The highest BCUT2D eigenvalue weighted by Crippen LogP contribution is 2.19. The third kappa shape index (κ3) is 5.89. The van der Waals surface area contributed by atoms with Crippen LogP contribution in [0.1, 0.15) is 15.9 Å². The van der Waals surface area contributed by atoms with E-state index in [9.17, 15) is 19.7 Å². The van der Waals surface area contributed by atoms with Gasteiger partial charge in [-0.3, -0.25) is 19.7 Å². The summed E-state index contributed by atoms with van der Waals surface area (Å²) in [5.41, 5.74) is 1.68. The van der Waals surface area contributed by atoms with Gasteiger partial charge in [-0.1, -0.05) is 42.5 Å². The van der Waals surface area contributed by atoms with E-state index in [1.807, 2.05) is 30.3 Å². The molecule has 3 aromatic rings. The molecule has 1 N–H and O–H groups in total. The van der Waals surface area contributed by atoms with E-state index in [0.717, 1.165) is 5.56 Å². The quantitative estimate of drug-likeness (QED) is 0.441. The fourth-order valence-electron chi connectivity index (χ4n) is 2.91. The van der Waals surface area contributed by atoms with Crippen LogP contribution in [0.25, 0.3) is 0 Å². The molecule has 3 rings (SSSR count). The molecule has 8 heteroatoms. The summed E-state index contributed by atoms with van der Waals surface area (Å²) in [6, 6.07) is 21.8. The van der Waals surface area contributed by atoms with Gasteiger partial charge in [-0.25, -0.2) is 0 Å². The molecular formula is C23H21N3O5. The molecule has 0 aliphatic carbocycles. The van der Waals surface area contributed by atoms with E-state index in [1.165, 1.54) is 24.3 Å². The van der Waals surface area contributed by atoms with Crippen LogP contribution in [-0.2, 0) is 11.3 Å². The number of ether oxygens (including phenoxy) is 1. The summed E-state index contributed by atoms with van der Waals surface area (Å²) in [6.07, 6.45) is 0. The number of hydrogen-bond acceptors (Lipinski definition) is 5. The maximum Gasteiger partial charge on any atom is 0.269 e. The van der Waals surface area contributed by atoms with Crippen LogP contribution in [-0.4, -0.2) is 35.3 Å². The van der Waals surface area contributed by atoms with Gasteiger partial charge in [0.2, 0.25) is 0 Å². The molecule has 3 aromatic carbocycles. The Balaban J connectivity index is 1.62. The predicted octanol–water partition coefficient (Wildman–Crippen LogP) is 3.88. The van der Waals surface area contributed by atoms with Gasteiger partial charge in [-0.2, -0.15) is 0 Å². The molecule has 0 aliphatic rings. The molecule has 0 aliphatic heterocycles. The van der Waals surface area contributed by atoms with Crippen molar-refractivity contribution in [3.8, 4) is 5.75 Å². The van der Waals surface area contributed by atoms with Crippen molar-refractivity contribution in [2.45, 2.75) is 6.54 Å². The van der Waals surface area contributed by atoms with Gasteiger partial charge in [0.05, 0.1) is 16.2 Å². The molecule has 0 radical (unpaired) electrons. The first-order chi connectivity index (χ1) is 14.9. The Kier molecular flexibility index (Phi) is 6.95. The smallest absolute Gasteiger partial charge is 0.269 e. The Morgan fingerprint density at radius 2 is 1.61 bits per heavy atom. The number of anilines is 1. The average molecular weight is 419 g/mol. The third-order valence-electron chi connectivity index (χ3n) is 4.46. The summed E-state index contributed by atoms with van der Waals surface area (Å²) in [6.45, 7) is 0.130. The first-order valence-electron chi connectivity index (χ1n) is 9.49.